The molecule has 96 valence electrons. The number of halogens is 1. The second-order valence-electron chi connectivity index (χ2n) is 3.25. The topological polar surface area (TPSA) is 111 Å². The van der Waals surface area contributed by atoms with E-state index in [1.165, 1.54) is 0 Å². The Bertz CT molecular complexity index is 639. The lowest BCUT2D eigenvalue weighted by Gasteiger charge is -2.03. The van der Waals surface area contributed by atoms with Gasteiger partial charge in [-0.3, -0.25) is 0 Å². The minimum Gasteiger partial charge on any atom is -0.338 e. The van der Waals surface area contributed by atoms with E-state index < -0.39 is 10.0 Å². The number of aryl methyl sites for hydroxylation is 1. The van der Waals surface area contributed by atoms with Crippen LogP contribution in [0.25, 0.3) is 0 Å². The van der Waals surface area contributed by atoms with Crippen molar-refractivity contribution in [1.82, 2.24) is 24.8 Å². The summed E-state index contributed by atoms with van der Waals surface area (Å²) in [5.74, 6) is 0.602. The van der Waals surface area contributed by atoms with Crippen molar-refractivity contribution in [3.05, 3.63) is 29.4 Å². The van der Waals surface area contributed by atoms with Gasteiger partial charge in [0.05, 0.1) is 18.9 Å². The summed E-state index contributed by atoms with van der Waals surface area (Å²) in [6.45, 7) is 1.53. The standard InChI is InChI=1S/C8H8ClN5O3S/c1-5-13-7(17-14-5)4-12-18(15,16)6-2-10-8(9)11-3-6/h2-3,12H,4H2,1H3. The molecule has 0 saturated heterocycles. The molecule has 0 atom stereocenters. The fourth-order valence-electron chi connectivity index (χ4n) is 1.09. The van der Waals surface area contributed by atoms with Gasteiger partial charge in [0.25, 0.3) is 0 Å². The molecule has 0 bridgehead atoms. The van der Waals surface area contributed by atoms with E-state index in [4.69, 9.17) is 16.1 Å². The summed E-state index contributed by atoms with van der Waals surface area (Å²) in [4.78, 5) is 10.9. The Morgan fingerprint density at radius 1 is 1.39 bits per heavy atom. The molecule has 2 aromatic rings. The third-order valence-corrected chi connectivity index (χ3v) is 3.44. The second kappa shape index (κ2) is 4.96. The van der Waals surface area contributed by atoms with Crippen molar-refractivity contribution in [2.75, 3.05) is 0 Å². The van der Waals surface area contributed by atoms with Gasteiger partial charge in [-0.2, -0.15) is 4.98 Å². The molecule has 1 N–H and O–H groups in total. The van der Waals surface area contributed by atoms with E-state index in [0.717, 1.165) is 12.4 Å². The van der Waals surface area contributed by atoms with E-state index >= 15 is 0 Å². The van der Waals surface area contributed by atoms with Crippen molar-refractivity contribution in [3.63, 3.8) is 0 Å². The van der Waals surface area contributed by atoms with Crippen molar-refractivity contribution in [2.24, 2.45) is 0 Å². The SMILES string of the molecule is Cc1noc(CNS(=O)(=O)c2cnc(Cl)nc2)n1. The van der Waals surface area contributed by atoms with Crippen LogP contribution in [0.1, 0.15) is 11.7 Å². The Morgan fingerprint density at radius 2 is 2.06 bits per heavy atom. The Hall–Kier alpha value is -1.58. The maximum Gasteiger partial charge on any atom is 0.244 e. The molecule has 2 rings (SSSR count). The van der Waals surface area contributed by atoms with Crippen LogP contribution in [-0.2, 0) is 16.6 Å². The molecule has 0 amide bonds. The lowest BCUT2D eigenvalue weighted by atomic mass is 10.6. The molecule has 8 nitrogen and oxygen atoms in total. The number of hydrogen-bond donors (Lipinski definition) is 1. The molecule has 0 aliphatic carbocycles. The summed E-state index contributed by atoms with van der Waals surface area (Å²) in [7, 11) is -3.73. The van der Waals surface area contributed by atoms with Crippen LogP contribution in [0.2, 0.25) is 5.28 Å². The molecular formula is C8H8ClN5O3S. The van der Waals surface area contributed by atoms with Gasteiger partial charge < -0.3 is 4.52 Å². The van der Waals surface area contributed by atoms with Gasteiger partial charge in [-0.25, -0.2) is 23.1 Å². The van der Waals surface area contributed by atoms with Gasteiger partial charge in [-0.15, -0.1) is 0 Å². The Kier molecular flexibility index (Phi) is 3.55. The molecule has 0 aliphatic heterocycles. The molecular weight excluding hydrogens is 282 g/mol. The highest BCUT2D eigenvalue weighted by Gasteiger charge is 2.16. The van der Waals surface area contributed by atoms with Crippen molar-refractivity contribution in [3.8, 4) is 0 Å². The summed E-state index contributed by atoms with van der Waals surface area (Å²) in [6.07, 6.45) is 2.22. The Labute approximate surface area is 107 Å². The van der Waals surface area contributed by atoms with Gasteiger partial charge >= 0.3 is 0 Å². The fourth-order valence-corrected chi connectivity index (χ4v) is 2.05. The van der Waals surface area contributed by atoms with Gasteiger partial charge in [-0.05, 0) is 18.5 Å². The highest BCUT2D eigenvalue weighted by Crippen LogP contribution is 2.08. The molecule has 0 radical (unpaired) electrons. The monoisotopic (exact) mass is 289 g/mol. The van der Waals surface area contributed by atoms with Gasteiger partial charge in [0.2, 0.25) is 21.2 Å². The molecule has 18 heavy (non-hydrogen) atoms. The number of nitrogens with one attached hydrogen (secondary N) is 1. The minimum atomic E-state index is -3.73. The van der Waals surface area contributed by atoms with Gasteiger partial charge in [-0.1, -0.05) is 5.16 Å². The van der Waals surface area contributed by atoms with Gasteiger partial charge in [0, 0.05) is 0 Å². The van der Waals surface area contributed by atoms with Gasteiger partial charge in [0.1, 0.15) is 4.90 Å². The van der Waals surface area contributed by atoms with Crippen LogP contribution in [0.5, 0.6) is 0 Å². The molecule has 10 heteroatoms. The third kappa shape index (κ3) is 3.00. The molecule has 0 fully saturated rings. The van der Waals surface area contributed by atoms with Crippen molar-refractivity contribution < 1.29 is 12.9 Å². The van der Waals surface area contributed by atoms with E-state index in [1.807, 2.05) is 0 Å². The Morgan fingerprint density at radius 3 is 2.61 bits per heavy atom. The van der Waals surface area contributed by atoms with Crippen LogP contribution in [0.15, 0.2) is 21.8 Å². The van der Waals surface area contributed by atoms with Crippen LogP contribution in [0.3, 0.4) is 0 Å². The molecule has 2 heterocycles. The summed E-state index contributed by atoms with van der Waals surface area (Å²) >= 11 is 5.47. The fraction of sp³-hybridized carbons (Fsp3) is 0.250. The van der Waals surface area contributed by atoms with Crippen molar-refractivity contribution >= 4 is 21.6 Å². The van der Waals surface area contributed by atoms with Crippen LogP contribution in [0.4, 0.5) is 0 Å². The molecule has 2 aromatic heterocycles. The summed E-state index contributed by atoms with van der Waals surface area (Å²) in [5.41, 5.74) is 0. The first kappa shape index (κ1) is 12.9. The summed E-state index contributed by atoms with van der Waals surface area (Å²) < 4.78 is 30.7. The summed E-state index contributed by atoms with van der Waals surface area (Å²) in [5, 5.41) is 3.51. The zero-order chi connectivity index (χ0) is 13.2. The average molecular weight is 290 g/mol. The lowest BCUT2D eigenvalue weighted by molar-refractivity contribution is 0.372. The third-order valence-electron chi connectivity index (χ3n) is 1.89. The zero-order valence-corrected chi connectivity index (χ0v) is 10.7. The first-order chi connectivity index (χ1) is 8.47. The summed E-state index contributed by atoms with van der Waals surface area (Å²) in [6, 6.07) is 0. The van der Waals surface area contributed by atoms with Crippen LogP contribution in [0, 0.1) is 6.92 Å². The minimum absolute atomic E-state index is 0.0264. The van der Waals surface area contributed by atoms with Crippen molar-refractivity contribution in [1.29, 1.82) is 0 Å². The van der Waals surface area contributed by atoms with E-state index in [-0.39, 0.29) is 22.6 Å². The van der Waals surface area contributed by atoms with E-state index in [9.17, 15) is 8.42 Å². The molecule has 0 aliphatic rings. The number of hydrogen-bond acceptors (Lipinski definition) is 7. The zero-order valence-electron chi connectivity index (χ0n) is 9.16. The lowest BCUT2D eigenvalue weighted by Crippen LogP contribution is -2.23. The predicted octanol–water partition coefficient (Wildman–Crippen LogP) is 0.300. The smallest absolute Gasteiger partial charge is 0.244 e. The van der Waals surface area contributed by atoms with Gasteiger partial charge in [0.15, 0.2) is 5.82 Å². The largest absolute Gasteiger partial charge is 0.338 e. The predicted molar refractivity (Wildman–Crippen MR) is 60.1 cm³/mol. The molecule has 0 saturated carbocycles. The maximum atomic E-state index is 11.8. The van der Waals surface area contributed by atoms with Crippen molar-refractivity contribution in [2.45, 2.75) is 18.4 Å². The molecule has 0 unspecified atom stereocenters. The highest BCUT2D eigenvalue weighted by molar-refractivity contribution is 7.89. The first-order valence-corrected chi connectivity index (χ1v) is 6.60. The Balaban J connectivity index is 2.10. The van der Waals surface area contributed by atoms with Crippen LogP contribution >= 0.6 is 11.6 Å². The average Bonchev–Trinajstić information content (AvgIpc) is 2.73. The van der Waals surface area contributed by atoms with Crippen LogP contribution < -0.4 is 4.72 Å². The number of nitrogens with zero attached hydrogens (tertiary/aromatic N) is 4. The van der Waals surface area contributed by atoms with Crippen LogP contribution in [-0.4, -0.2) is 28.5 Å². The maximum absolute atomic E-state index is 11.8. The van der Waals surface area contributed by atoms with E-state index in [1.54, 1.807) is 6.92 Å². The number of rotatable bonds is 4. The first-order valence-electron chi connectivity index (χ1n) is 4.74. The molecule has 0 aromatic carbocycles. The number of aromatic nitrogens is 4. The highest BCUT2D eigenvalue weighted by atomic mass is 35.5. The normalized spacial score (nSPS) is 11.7. The second-order valence-corrected chi connectivity index (χ2v) is 5.35. The quantitative estimate of drug-likeness (QED) is 0.806. The van der Waals surface area contributed by atoms with E-state index in [0.29, 0.717) is 5.82 Å². The molecule has 0 spiro atoms. The van der Waals surface area contributed by atoms with E-state index in [2.05, 4.69) is 24.8 Å². The number of sulfonamides is 1.